The lowest BCUT2D eigenvalue weighted by molar-refractivity contribution is -0.142. The number of carbonyl (C=O) groups is 3. The third kappa shape index (κ3) is 5.94. The Morgan fingerprint density at radius 1 is 1.11 bits per heavy atom. The summed E-state index contributed by atoms with van der Waals surface area (Å²) in [6.45, 7) is 6.34. The highest BCUT2D eigenvalue weighted by Gasteiger charge is 2.74. The molecule has 4 aliphatic heterocycles. The number of ether oxygens (including phenoxy) is 2. The molecule has 0 radical (unpaired) electrons. The number of hydrogen-bond acceptors (Lipinski definition) is 8. The lowest BCUT2D eigenvalue weighted by atomic mass is 9.70. The van der Waals surface area contributed by atoms with E-state index in [9.17, 15) is 19.5 Å². The molecule has 11 heteroatoms. The molecule has 236 valence electrons. The Hall–Kier alpha value is -3.12. The summed E-state index contributed by atoms with van der Waals surface area (Å²) in [6.07, 6.45) is 1.84. The second kappa shape index (κ2) is 13.5. The Morgan fingerprint density at radius 2 is 1.86 bits per heavy atom. The van der Waals surface area contributed by atoms with Gasteiger partial charge in [0.1, 0.15) is 11.8 Å². The third-order valence-electron chi connectivity index (χ3n) is 9.47. The zero-order chi connectivity index (χ0) is 30.7. The molecule has 1 spiro atoms. The van der Waals surface area contributed by atoms with E-state index in [2.05, 4.69) is 15.5 Å². The van der Waals surface area contributed by atoms with Gasteiger partial charge in [-0.25, -0.2) is 0 Å². The number of benzene rings is 2. The Kier molecular flexibility index (Phi) is 9.46. The van der Waals surface area contributed by atoms with Gasteiger partial charge in [-0.15, -0.1) is 11.8 Å². The minimum absolute atomic E-state index is 0.0563. The molecule has 6 rings (SSSR count). The number of aliphatic hydroxyl groups is 1. The summed E-state index contributed by atoms with van der Waals surface area (Å²) in [7, 11) is 0. The molecule has 2 aromatic rings. The molecule has 4 aliphatic rings. The number of rotatable bonds is 12. The fraction of sp³-hybridized carbons (Fsp3) is 0.545. The van der Waals surface area contributed by atoms with E-state index < -0.39 is 28.7 Å². The van der Waals surface area contributed by atoms with Crippen LogP contribution >= 0.6 is 11.8 Å². The summed E-state index contributed by atoms with van der Waals surface area (Å²) < 4.78 is 10.2. The Balaban J connectivity index is 1.26. The summed E-state index contributed by atoms with van der Waals surface area (Å²) in [5.41, 5.74) is 1.61. The first kappa shape index (κ1) is 30.9. The van der Waals surface area contributed by atoms with Crippen LogP contribution in [0.5, 0.6) is 5.75 Å². The number of nitrogens with one attached hydrogen (secondary N) is 2. The molecule has 10 nitrogen and oxygen atoms in total. The minimum atomic E-state index is -0.774. The van der Waals surface area contributed by atoms with Crippen LogP contribution in [0.15, 0.2) is 54.6 Å². The minimum Gasteiger partial charge on any atom is -0.494 e. The van der Waals surface area contributed by atoms with Gasteiger partial charge >= 0.3 is 0 Å². The second-order valence-electron chi connectivity index (χ2n) is 12.0. The number of morpholine rings is 1. The van der Waals surface area contributed by atoms with E-state index in [0.29, 0.717) is 51.4 Å². The van der Waals surface area contributed by atoms with Crippen LogP contribution in [0.1, 0.15) is 25.3 Å². The molecule has 4 fully saturated rings. The van der Waals surface area contributed by atoms with Gasteiger partial charge in [0.25, 0.3) is 0 Å². The average Bonchev–Trinajstić information content (AvgIpc) is 3.69. The van der Waals surface area contributed by atoms with E-state index in [1.807, 2.05) is 49.4 Å². The monoisotopic (exact) mass is 622 g/mol. The molecular weight excluding hydrogens is 580 g/mol. The maximum Gasteiger partial charge on any atom is 0.244 e. The molecule has 2 aromatic carbocycles. The van der Waals surface area contributed by atoms with Gasteiger partial charge in [0.05, 0.1) is 49.1 Å². The average molecular weight is 623 g/mol. The fourth-order valence-electron chi connectivity index (χ4n) is 7.51. The fourth-order valence-corrected chi connectivity index (χ4v) is 9.71. The highest BCUT2D eigenvalue weighted by molar-refractivity contribution is 8.02. The largest absolute Gasteiger partial charge is 0.494 e. The van der Waals surface area contributed by atoms with Crippen LogP contribution in [0, 0.1) is 11.8 Å². The number of carbonyl (C=O) groups excluding carboxylic acids is 3. The molecular formula is C33H42N4O6S. The number of amides is 3. The summed E-state index contributed by atoms with van der Waals surface area (Å²) in [6, 6.07) is 15.6. The number of hydrogen-bond donors (Lipinski definition) is 3. The predicted molar refractivity (Wildman–Crippen MR) is 168 cm³/mol. The maximum absolute atomic E-state index is 14.5. The van der Waals surface area contributed by atoms with E-state index in [4.69, 9.17) is 9.47 Å². The third-order valence-corrected chi connectivity index (χ3v) is 11.4. The number of likely N-dealkylation sites (tertiary alicyclic amines) is 1. The van der Waals surface area contributed by atoms with Crippen molar-refractivity contribution in [1.82, 2.24) is 15.1 Å². The Bertz CT molecular complexity index is 1320. The summed E-state index contributed by atoms with van der Waals surface area (Å²) >= 11 is 1.63. The van der Waals surface area contributed by atoms with Crippen molar-refractivity contribution in [2.24, 2.45) is 11.8 Å². The van der Waals surface area contributed by atoms with Crippen molar-refractivity contribution >= 4 is 35.2 Å². The summed E-state index contributed by atoms with van der Waals surface area (Å²) in [5.74, 6) is -1.12. The molecule has 3 N–H and O–H groups in total. The molecule has 44 heavy (non-hydrogen) atoms. The lowest BCUT2D eigenvalue weighted by Crippen LogP contribution is -2.57. The first-order valence-electron chi connectivity index (χ1n) is 15.7. The Labute approximate surface area is 262 Å². The first-order valence-corrected chi connectivity index (χ1v) is 16.6. The van der Waals surface area contributed by atoms with Crippen molar-refractivity contribution in [1.29, 1.82) is 0 Å². The molecule has 4 heterocycles. The van der Waals surface area contributed by atoms with Crippen LogP contribution in [0.4, 0.5) is 5.69 Å². The van der Waals surface area contributed by atoms with Crippen LogP contribution in [0.2, 0.25) is 0 Å². The van der Waals surface area contributed by atoms with E-state index >= 15 is 0 Å². The molecule has 3 amide bonds. The van der Waals surface area contributed by atoms with Crippen LogP contribution in [0.25, 0.3) is 0 Å². The van der Waals surface area contributed by atoms with Crippen molar-refractivity contribution in [3.05, 3.63) is 60.2 Å². The SMILES string of the molecule is CCOc1ccc(NC(=O)[C@@H]2[C@@H]3CCC4(S3)C(C(=O)NCCN3CCOCC3)N([C@@H](CO)Cc3ccccc3)C(=O)[C@H]24)cc1. The van der Waals surface area contributed by atoms with Crippen molar-refractivity contribution in [2.75, 3.05) is 57.9 Å². The molecule has 0 aliphatic carbocycles. The van der Waals surface area contributed by atoms with Crippen molar-refractivity contribution < 1.29 is 29.0 Å². The number of anilines is 1. The van der Waals surface area contributed by atoms with Gasteiger partial charge in [-0.05, 0) is 56.0 Å². The highest BCUT2D eigenvalue weighted by Crippen LogP contribution is 2.66. The van der Waals surface area contributed by atoms with E-state index in [1.54, 1.807) is 28.8 Å². The van der Waals surface area contributed by atoms with Gasteiger partial charge in [-0.1, -0.05) is 30.3 Å². The maximum atomic E-state index is 14.5. The quantitative estimate of drug-likeness (QED) is 0.330. The van der Waals surface area contributed by atoms with E-state index in [0.717, 1.165) is 30.8 Å². The lowest BCUT2D eigenvalue weighted by Gasteiger charge is -2.37. The van der Waals surface area contributed by atoms with Crippen LogP contribution in [0.3, 0.4) is 0 Å². The van der Waals surface area contributed by atoms with Crippen LogP contribution in [-0.4, -0.2) is 107 Å². The second-order valence-corrected chi connectivity index (χ2v) is 13.6. The number of aliphatic hydroxyl groups excluding tert-OH is 1. The highest BCUT2D eigenvalue weighted by atomic mass is 32.2. The van der Waals surface area contributed by atoms with E-state index in [1.165, 1.54) is 0 Å². The van der Waals surface area contributed by atoms with Crippen molar-refractivity contribution in [2.45, 2.75) is 48.3 Å². The zero-order valence-electron chi connectivity index (χ0n) is 25.2. The number of thioether (sulfide) groups is 1. The predicted octanol–water partition coefficient (Wildman–Crippen LogP) is 2.17. The first-order chi connectivity index (χ1) is 21.4. The zero-order valence-corrected chi connectivity index (χ0v) is 26.0. The summed E-state index contributed by atoms with van der Waals surface area (Å²) in [4.78, 5) is 46.4. The van der Waals surface area contributed by atoms with Gasteiger partial charge in [-0.3, -0.25) is 19.3 Å². The molecule has 2 bridgehead atoms. The van der Waals surface area contributed by atoms with Crippen molar-refractivity contribution in [3.8, 4) is 5.75 Å². The molecule has 6 atom stereocenters. The van der Waals surface area contributed by atoms with Gasteiger partial charge in [0, 0.05) is 37.1 Å². The normalized spacial score (nSPS) is 28.5. The van der Waals surface area contributed by atoms with Gasteiger partial charge < -0.3 is 30.1 Å². The van der Waals surface area contributed by atoms with Gasteiger partial charge in [0.2, 0.25) is 17.7 Å². The molecule has 0 aromatic heterocycles. The van der Waals surface area contributed by atoms with Crippen molar-refractivity contribution in [3.63, 3.8) is 0 Å². The van der Waals surface area contributed by atoms with E-state index in [-0.39, 0.29) is 29.6 Å². The number of fused-ring (bicyclic) bond motifs is 1. The smallest absolute Gasteiger partial charge is 0.244 e. The van der Waals surface area contributed by atoms with Crippen LogP contribution < -0.4 is 15.4 Å². The molecule has 0 saturated carbocycles. The summed E-state index contributed by atoms with van der Waals surface area (Å²) in [5, 5.41) is 16.7. The van der Waals surface area contributed by atoms with Gasteiger partial charge in [0.15, 0.2) is 0 Å². The Morgan fingerprint density at radius 3 is 2.57 bits per heavy atom. The standard InChI is InChI=1S/C33H42N4O6S/c1-2-43-25-10-8-23(9-11-25)35-30(39)27-26-12-13-33(44-26)28(27)32(41)37(24(21-38)20-22-6-4-3-5-7-22)29(33)31(40)34-14-15-36-16-18-42-19-17-36/h3-11,24,26-29,38H,2,12-21H2,1H3,(H,34,40)(H,35,39)/t24-,26+,27-,28+,29?,33?/m1/s1. The number of nitrogens with zero attached hydrogens (tertiary/aromatic N) is 2. The molecule has 4 saturated heterocycles. The topological polar surface area (TPSA) is 120 Å². The molecule has 2 unspecified atom stereocenters. The van der Waals surface area contributed by atoms with Gasteiger partial charge in [-0.2, -0.15) is 0 Å². The van der Waals surface area contributed by atoms with Crippen LogP contribution in [-0.2, 0) is 25.5 Å².